The highest BCUT2D eigenvalue weighted by Crippen LogP contribution is 2.31. The lowest BCUT2D eigenvalue weighted by molar-refractivity contribution is 0.0686. The van der Waals surface area contributed by atoms with Crippen LogP contribution in [0.2, 0.25) is 0 Å². The van der Waals surface area contributed by atoms with Gasteiger partial charge in [0.15, 0.2) is 11.5 Å². The summed E-state index contributed by atoms with van der Waals surface area (Å²) in [6.07, 6.45) is 2.24. The summed E-state index contributed by atoms with van der Waals surface area (Å²) in [6.45, 7) is 1.03. The summed E-state index contributed by atoms with van der Waals surface area (Å²) in [5, 5.41) is 12.4. The molecule has 1 N–H and O–H groups in total. The van der Waals surface area contributed by atoms with Crippen LogP contribution in [0.1, 0.15) is 22.5 Å². The van der Waals surface area contributed by atoms with E-state index in [0.717, 1.165) is 24.9 Å². The van der Waals surface area contributed by atoms with Gasteiger partial charge >= 0.3 is 5.97 Å². The van der Waals surface area contributed by atoms with Gasteiger partial charge in [-0.2, -0.15) is 0 Å². The SMILES string of the molecule is CN1CCCc2ccc(-c3cc(C(=O)O)no3)cc21. The maximum atomic E-state index is 10.8. The molecule has 0 spiro atoms. The van der Waals surface area contributed by atoms with Crippen molar-refractivity contribution in [3.8, 4) is 11.3 Å². The van der Waals surface area contributed by atoms with E-state index in [2.05, 4.69) is 23.2 Å². The van der Waals surface area contributed by atoms with Crippen LogP contribution < -0.4 is 4.90 Å². The minimum atomic E-state index is -1.08. The molecular formula is C14H14N2O3. The van der Waals surface area contributed by atoms with Crippen molar-refractivity contribution in [2.45, 2.75) is 12.8 Å². The first-order valence-corrected chi connectivity index (χ1v) is 6.19. The molecule has 2 heterocycles. The van der Waals surface area contributed by atoms with Gasteiger partial charge in [-0.25, -0.2) is 4.79 Å². The number of nitrogens with zero attached hydrogens (tertiary/aromatic N) is 2. The standard InChI is InChI=1S/C14H14N2O3/c1-16-6-2-3-9-4-5-10(7-12(9)16)13-8-11(14(17)18)15-19-13/h4-5,7-8H,2-3,6H2,1H3,(H,17,18). The van der Waals surface area contributed by atoms with Crippen molar-refractivity contribution in [1.29, 1.82) is 0 Å². The molecule has 3 rings (SSSR count). The lowest BCUT2D eigenvalue weighted by atomic mass is 9.99. The van der Waals surface area contributed by atoms with Gasteiger partial charge in [0.25, 0.3) is 0 Å². The van der Waals surface area contributed by atoms with E-state index in [4.69, 9.17) is 9.63 Å². The maximum Gasteiger partial charge on any atom is 0.358 e. The second kappa shape index (κ2) is 4.42. The Kier molecular flexibility index (Phi) is 2.74. The highest BCUT2D eigenvalue weighted by Gasteiger charge is 2.17. The Labute approximate surface area is 110 Å². The van der Waals surface area contributed by atoms with E-state index in [-0.39, 0.29) is 5.69 Å². The van der Waals surface area contributed by atoms with Gasteiger partial charge in [-0.1, -0.05) is 17.3 Å². The molecule has 19 heavy (non-hydrogen) atoms. The van der Waals surface area contributed by atoms with Gasteiger partial charge in [0, 0.05) is 30.9 Å². The van der Waals surface area contributed by atoms with Crippen LogP contribution in [0, 0.1) is 0 Å². The van der Waals surface area contributed by atoms with Gasteiger partial charge in [0.05, 0.1) is 0 Å². The zero-order valence-corrected chi connectivity index (χ0v) is 10.6. The number of aromatic nitrogens is 1. The Morgan fingerprint density at radius 2 is 2.26 bits per heavy atom. The highest BCUT2D eigenvalue weighted by molar-refractivity contribution is 5.86. The van der Waals surface area contributed by atoms with E-state index in [1.165, 1.54) is 17.3 Å². The number of hydrogen-bond acceptors (Lipinski definition) is 4. The van der Waals surface area contributed by atoms with Crippen molar-refractivity contribution in [2.75, 3.05) is 18.5 Å². The molecule has 0 saturated carbocycles. The van der Waals surface area contributed by atoms with E-state index in [1.807, 2.05) is 12.1 Å². The summed E-state index contributed by atoms with van der Waals surface area (Å²) in [5.74, 6) is -0.593. The number of hydrogen-bond donors (Lipinski definition) is 1. The van der Waals surface area contributed by atoms with Crippen LogP contribution >= 0.6 is 0 Å². The molecule has 2 aromatic rings. The molecule has 0 fully saturated rings. The van der Waals surface area contributed by atoms with Crippen LogP contribution in [0.15, 0.2) is 28.8 Å². The summed E-state index contributed by atoms with van der Waals surface area (Å²) >= 11 is 0. The Hall–Kier alpha value is -2.30. The second-order valence-electron chi connectivity index (χ2n) is 4.75. The van der Waals surface area contributed by atoms with Crippen molar-refractivity contribution >= 4 is 11.7 Å². The van der Waals surface area contributed by atoms with Crippen molar-refractivity contribution < 1.29 is 14.4 Å². The van der Waals surface area contributed by atoms with Crippen LogP contribution in [0.4, 0.5) is 5.69 Å². The number of carbonyl (C=O) groups is 1. The largest absolute Gasteiger partial charge is 0.476 e. The van der Waals surface area contributed by atoms with Crippen LogP contribution in [0.25, 0.3) is 11.3 Å². The second-order valence-corrected chi connectivity index (χ2v) is 4.75. The summed E-state index contributed by atoms with van der Waals surface area (Å²) in [5.41, 5.74) is 3.28. The normalized spacial score (nSPS) is 14.3. The number of aromatic carboxylic acids is 1. The molecule has 98 valence electrons. The Morgan fingerprint density at radius 1 is 1.42 bits per heavy atom. The first-order valence-electron chi connectivity index (χ1n) is 6.19. The Bertz CT molecular complexity index is 633. The molecule has 1 aromatic carbocycles. The minimum Gasteiger partial charge on any atom is -0.476 e. The smallest absolute Gasteiger partial charge is 0.358 e. The number of fused-ring (bicyclic) bond motifs is 1. The van der Waals surface area contributed by atoms with E-state index >= 15 is 0 Å². The van der Waals surface area contributed by atoms with Gasteiger partial charge in [-0.3, -0.25) is 0 Å². The van der Waals surface area contributed by atoms with Crippen LogP contribution in [-0.2, 0) is 6.42 Å². The highest BCUT2D eigenvalue weighted by atomic mass is 16.5. The van der Waals surface area contributed by atoms with Crippen molar-refractivity contribution in [1.82, 2.24) is 5.16 Å². The molecule has 0 unspecified atom stereocenters. The molecular weight excluding hydrogens is 244 g/mol. The lowest BCUT2D eigenvalue weighted by Crippen LogP contribution is -2.24. The van der Waals surface area contributed by atoms with E-state index in [9.17, 15) is 4.79 Å². The quantitative estimate of drug-likeness (QED) is 0.896. The van der Waals surface area contributed by atoms with Gasteiger partial charge in [0.2, 0.25) is 0 Å². The molecule has 1 aliphatic heterocycles. The third-order valence-corrected chi connectivity index (χ3v) is 3.45. The predicted molar refractivity (Wildman–Crippen MR) is 70.5 cm³/mol. The van der Waals surface area contributed by atoms with Crippen molar-refractivity contribution in [2.24, 2.45) is 0 Å². The number of rotatable bonds is 2. The molecule has 0 radical (unpaired) electrons. The predicted octanol–water partition coefficient (Wildman–Crippen LogP) is 2.42. The van der Waals surface area contributed by atoms with Gasteiger partial charge in [-0.15, -0.1) is 0 Å². The fraction of sp³-hybridized carbons (Fsp3) is 0.286. The lowest BCUT2D eigenvalue weighted by Gasteiger charge is -2.27. The van der Waals surface area contributed by atoms with E-state index in [0.29, 0.717) is 5.76 Å². The number of aryl methyl sites for hydroxylation is 1. The topological polar surface area (TPSA) is 66.6 Å². The van der Waals surface area contributed by atoms with Crippen LogP contribution in [-0.4, -0.2) is 29.8 Å². The van der Waals surface area contributed by atoms with Gasteiger partial charge in [-0.05, 0) is 24.5 Å². The molecule has 1 aliphatic rings. The molecule has 0 bridgehead atoms. The van der Waals surface area contributed by atoms with E-state index < -0.39 is 5.97 Å². The maximum absolute atomic E-state index is 10.8. The fourth-order valence-electron chi connectivity index (χ4n) is 2.42. The first kappa shape index (κ1) is 11.8. The zero-order chi connectivity index (χ0) is 13.4. The third-order valence-electron chi connectivity index (χ3n) is 3.45. The molecule has 0 saturated heterocycles. The Morgan fingerprint density at radius 3 is 3.00 bits per heavy atom. The third kappa shape index (κ3) is 2.07. The zero-order valence-electron chi connectivity index (χ0n) is 10.6. The van der Waals surface area contributed by atoms with Crippen molar-refractivity contribution in [3.05, 3.63) is 35.5 Å². The number of benzene rings is 1. The number of carboxylic acid groups (broad SMARTS) is 1. The number of carboxylic acids is 1. The summed E-state index contributed by atoms with van der Waals surface area (Å²) in [4.78, 5) is 13.0. The molecule has 1 aromatic heterocycles. The average Bonchev–Trinajstić information content (AvgIpc) is 2.89. The molecule has 5 heteroatoms. The molecule has 0 aliphatic carbocycles. The minimum absolute atomic E-state index is 0.0684. The molecule has 5 nitrogen and oxygen atoms in total. The summed E-state index contributed by atoms with van der Waals surface area (Å²) in [7, 11) is 2.06. The monoisotopic (exact) mass is 258 g/mol. The summed E-state index contributed by atoms with van der Waals surface area (Å²) < 4.78 is 5.09. The summed E-state index contributed by atoms with van der Waals surface area (Å²) in [6, 6.07) is 7.50. The van der Waals surface area contributed by atoms with Gasteiger partial charge < -0.3 is 14.5 Å². The number of anilines is 1. The van der Waals surface area contributed by atoms with Crippen LogP contribution in [0.5, 0.6) is 0 Å². The van der Waals surface area contributed by atoms with Crippen LogP contribution in [0.3, 0.4) is 0 Å². The first-order chi connectivity index (χ1) is 9.15. The Balaban J connectivity index is 2.01. The molecule has 0 atom stereocenters. The fourth-order valence-corrected chi connectivity index (χ4v) is 2.42. The molecule has 0 amide bonds. The average molecular weight is 258 g/mol. The van der Waals surface area contributed by atoms with E-state index in [1.54, 1.807) is 0 Å². The van der Waals surface area contributed by atoms with Gasteiger partial charge in [0.1, 0.15) is 0 Å². The van der Waals surface area contributed by atoms with Crippen molar-refractivity contribution in [3.63, 3.8) is 0 Å².